The van der Waals surface area contributed by atoms with Crippen molar-refractivity contribution in [2.45, 2.75) is 25.4 Å². The number of benzene rings is 1. The fourth-order valence-corrected chi connectivity index (χ4v) is 4.36. The van der Waals surface area contributed by atoms with Gasteiger partial charge in [0.1, 0.15) is 11.4 Å². The molecule has 6 rings (SSSR count). The average molecular weight is 341 g/mol. The van der Waals surface area contributed by atoms with Gasteiger partial charge in [-0.2, -0.15) is 0 Å². The number of hydrogen-bond acceptors (Lipinski definition) is 6. The summed E-state index contributed by atoms with van der Waals surface area (Å²) >= 11 is 0. The molecule has 4 aliphatic rings. The number of hydrogen-bond donors (Lipinski definition) is 1. The number of amidine groups is 1. The SMILES string of the molecule is Cc1nc(NC2=NC[C@@]3(CN4CCC3CC4)O2)nc2cc(F)ccc12. The summed E-state index contributed by atoms with van der Waals surface area (Å²) in [6.45, 7) is 5.83. The minimum atomic E-state index is -0.308. The lowest BCUT2D eigenvalue weighted by Crippen LogP contribution is -2.61. The van der Waals surface area contributed by atoms with Crippen molar-refractivity contribution < 1.29 is 9.13 Å². The molecule has 7 heteroatoms. The van der Waals surface area contributed by atoms with Gasteiger partial charge in [-0.25, -0.2) is 19.4 Å². The van der Waals surface area contributed by atoms with Crippen LogP contribution in [0.1, 0.15) is 18.5 Å². The number of ether oxygens (including phenoxy) is 1. The van der Waals surface area contributed by atoms with Crippen LogP contribution in [0.25, 0.3) is 10.9 Å². The lowest BCUT2D eigenvalue weighted by molar-refractivity contribution is -0.0829. The minimum absolute atomic E-state index is 0.198. The highest BCUT2D eigenvalue weighted by Crippen LogP contribution is 2.40. The number of aryl methyl sites for hydroxylation is 1. The molecule has 5 heterocycles. The zero-order chi connectivity index (χ0) is 17.0. The fraction of sp³-hybridized carbons (Fsp3) is 0.500. The van der Waals surface area contributed by atoms with Crippen LogP contribution in [0.3, 0.4) is 0 Å². The highest BCUT2D eigenvalue weighted by molar-refractivity contribution is 5.90. The number of nitrogens with zero attached hydrogens (tertiary/aromatic N) is 4. The maximum absolute atomic E-state index is 13.5. The monoisotopic (exact) mass is 341 g/mol. The Kier molecular flexibility index (Phi) is 3.22. The number of fused-ring (bicyclic) bond motifs is 3. The summed E-state index contributed by atoms with van der Waals surface area (Å²) in [5, 5.41) is 3.93. The van der Waals surface area contributed by atoms with Crippen molar-refractivity contribution >= 4 is 22.9 Å². The van der Waals surface area contributed by atoms with E-state index >= 15 is 0 Å². The van der Waals surface area contributed by atoms with Crippen molar-refractivity contribution in [3.63, 3.8) is 0 Å². The molecular weight excluding hydrogens is 321 g/mol. The van der Waals surface area contributed by atoms with Crippen LogP contribution >= 0.6 is 0 Å². The van der Waals surface area contributed by atoms with E-state index in [1.54, 1.807) is 6.07 Å². The molecule has 4 aliphatic heterocycles. The van der Waals surface area contributed by atoms with Gasteiger partial charge in [0, 0.05) is 23.9 Å². The van der Waals surface area contributed by atoms with E-state index in [9.17, 15) is 4.39 Å². The molecule has 3 saturated heterocycles. The second-order valence-electron chi connectivity index (χ2n) is 7.26. The summed E-state index contributed by atoms with van der Waals surface area (Å²) in [7, 11) is 0. The van der Waals surface area contributed by atoms with Crippen molar-refractivity contribution in [2.75, 3.05) is 31.5 Å². The Morgan fingerprint density at radius 2 is 2.12 bits per heavy atom. The second kappa shape index (κ2) is 5.36. The normalized spacial score (nSPS) is 30.6. The maximum Gasteiger partial charge on any atom is 0.292 e. The van der Waals surface area contributed by atoms with E-state index in [2.05, 4.69) is 25.2 Å². The van der Waals surface area contributed by atoms with E-state index in [1.807, 2.05) is 6.92 Å². The highest BCUT2D eigenvalue weighted by Gasteiger charge is 2.51. The quantitative estimate of drug-likeness (QED) is 0.863. The first-order valence-corrected chi connectivity index (χ1v) is 8.78. The van der Waals surface area contributed by atoms with Crippen molar-refractivity contribution in [2.24, 2.45) is 10.9 Å². The molecule has 2 aromatic rings. The van der Waals surface area contributed by atoms with Crippen LogP contribution in [-0.4, -0.2) is 52.7 Å². The summed E-state index contributed by atoms with van der Waals surface area (Å²) in [6.07, 6.45) is 2.35. The molecule has 130 valence electrons. The molecule has 1 atom stereocenters. The molecule has 0 amide bonds. The molecule has 3 fully saturated rings. The van der Waals surface area contributed by atoms with Gasteiger partial charge in [0.2, 0.25) is 5.95 Å². The number of nitrogens with one attached hydrogen (secondary N) is 1. The Hall–Kier alpha value is -2.28. The van der Waals surface area contributed by atoms with E-state index in [0.717, 1.165) is 30.7 Å². The van der Waals surface area contributed by atoms with Crippen molar-refractivity contribution in [3.05, 3.63) is 29.7 Å². The predicted molar refractivity (Wildman–Crippen MR) is 93.1 cm³/mol. The number of aliphatic imine (C=N–C) groups is 1. The average Bonchev–Trinajstić information content (AvgIpc) is 2.97. The van der Waals surface area contributed by atoms with Gasteiger partial charge < -0.3 is 4.74 Å². The third kappa shape index (κ3) is 2.45. The molecule has 6 nitrogen and oxygen atoms in total. The number of piperidine rings is 3. The molecule has 1 N–H and O–H groups in total. The van der Waals surface area contributed by atoms with Crippen molar-refractivity contribution in [1.82, 2.24) is 14.9 Å². The topological polar surface area (TPSA) is 62.6 Å². The van der Waals surface area contributed by atoms with Crippen LogP contribution in [0.4, 0.5) is 10.3 Å². The molecule has 25 heavy (non-hydrogen) atoms. The van der Waals surface area contributed by atoms with Gasteiger partial charge in [-0.3, -0.25) is 10.2 Å². The van der Waals surface area contributed by atoms with Crippen molar-refractivity contribution in [1.29, 1.82) is 0 Å². The second-order valence-corrected chi connectivity index (χ2v) is 7.26. The summed E-state index contributed by atoms with van der Waals surface area (Å²) in [4.78, 5) is 15.9. The first-order valence-electron chi connectivity index (χ1n) is 8.78. The van der Waals surface area contributed by atoms with E-state index in [-0.39, 0.29) is 11.4 Å². The van der Waals surface area contributed by atoms with Crippen LogP contribution in [-0.2, 0) is 4.74 Å². The number of rotatable bonds is 1. The predicted octanol–water partition coefficient (Wildman–Crippen LogP) is 2.34. The molecular formula is C18H20FN5O. The third-order valence-electron chi connectivity index (χ3n) is 5.68. The summed E-state index contributed by atoms with van der Waals surface area (Å²) in [6, 6.07) is 5.02. The standard InChI is InChI=1S/C18H20FN5O/c1-11-14-3-2-13(19)8-15(14)22-16(21-11)23-17-20-9-18(25-17)10-24-6-4-12(18)5-7-24/h2-3,8,12H,4-7,9-10H2,1H3,(H,20,21,22,23)/t18-/m0/s1. The molecule has 0 unspecified atom stereocenters. The largest absolute Gasteiger partial charge is 0.455 e. The number of anilines is 1. The van der Waals surface area contributed by atoms with Gasteiger partial charge in [-0.05, 0) is 45.0 Å². The van der Waals surface area contributed by atoms with Gasteiger partial charge in [-0.1, -0.05) is 0 Å². The summed E-state index contributed by atoms with van der Waals surface area (Å²) < 4.78 is 19.7. The first-order chi connectivity index (χ1) is 12.1. The van der Waals surface area contributed by atoms with Crippen molar-refractivity contribution in [3.8, 4) is 0 Å². The molecule has 0 radical (unpaired) electrons. The summed E-state index contributed by atoms with van der Waals surface area (Å²) in [5.41, 5.74) is 1.17. The van der Waals surface area contributed by atoms with Crippen LogP contribution < -0.4 is 5.32 Å². The van der Waals surface area contributed by atoms with Crippen LogP contribution in [0.5, 0.6) is 0 Å². The maximum atomic E-state index is 13.5. The molecule has 1 aromatic heterocycles. The first kappa shape index (κ1) is 15.0. The van der Waals surface area contributed by atoms with Gasteiger partial charge in [-0.15, -0.1) is 0 Å². The van der Waals surface area contributed by atoms with Crippen LogP contribution in [0.2, 0.25) is 0 Å². The van der Waals surface area contributed by atoms with E-state index in [4.69, 9.17) is 4.74 Å². The van der Waals surface area contributed by atoms with E-state index in [1.165, 1.54) is 25.0 Å². The van der Waals surface area contributed by atoms with Crippen LogP contribution in [0.15, 0.2) is 23.2 Å². The highest BCUT2D eigenvalue weighted by atomic mass is 19.1. The lowest BCUT2D eigenvalue weighted by Gasteiger charge is -2.50. The van der Waals surface area contributed by atoms with Crippen LogP contribution in [0, 0.1) is 18.7 Å². The Morgan fingerprint density at radius 3 is 2.88 bits per heavy atom. The molecule has 1 spiro atoms. The smallest absolute Gasteiger partial charge is 0.292 e. The third-order valence-corrected chi connectivity index (χ3v) is 5.68. The number of aromatic nitrogens is 2. The van der Waals surface area contributed by atoms with E-state index in [0.29, 0.717) is 29.9 Å². The van der Waals surface area contributed by atoms with E-state index < -0.39 is 0 Å². The Bertz CT molecular complexity index is 877. The summed E-state index contributed by atoms with van der Waals surface area (Å²) in [5.74, 6) is 0.652. The lowest BCUT2D eigenvalue weighted by atomic mass is 9.75. The van der Waals surface area contributed by atoms with Gasteiger partial charge in [0.25, 0.3) is 6.02 Å². The fourth-order valence-electron chi connectivity index (χ4n) is 4.36. The molecule has 0 aliphatic carbocycles. The van der Waals surface area contributed by atoms with Gasteiger partial charge in [0.05, 0.1) is 17.8 Å². The Morgan fingerprint density at radius 1 is 1.28 bits per heavy atom. The minimum Gasteiger partial charge on any atom is -0.455 e. The molecule has 2 bridgehead atoms. The zero-order valence-corrected chi connectivity index (χ0v) is 14.1. The Balaban J connectivity index is 1.39. The Labute approximate surface area is 145 Å². The molecule has 1 aromatic carbocycles. The molecule has 0 saturated carbocycles. The van der Waals surface area contributed by atoms with Gasteiger partial charge >= 0.3 is 0 Å². The van der Waals surface area contributed by atoms with Gasteiger partial charge in [0.15, 0.2) is 0 Å². The zero-order valence-electron chi connectivity index (χ0n) is 14.1. The number of halogens is 1.